The van der Waals surface area contributed by atoms with Gasteiger partial charge in [-0.3, -0.25) is 4.79 Å². The number of methoxy groups -OCH3 is 1. The van der Waals surface area contributed by atoms with Crippen LogP contribution in [0.4, 0.5) is 5.13 Å². The number of carbonyl (C=O) groups excluding carboxylic acids is 2. The van der Waals surface area contributed by atoms with Crippen LogP contribution in [0.2, 0.25) is 0 Å². The van der Waals surface area contributed by atoms with E-state index in [9.17, 15) is 9.59 Å². The van der Waals surface area contributed by atoms with Crippen LogP contribution < -0.4 is 5.32 Å². The lowest BCUT2D eigenvalue weighted by molar-refractivity contribution is 0.0591. The van der Waals surface area contributed by atoms with E-state index < -0.39 is 5.97 Å². The topological polar surface area (TPSA) is 71.5 Å². The fraction of sp³-hybridized carbons (Fsp3) is 0.615. The molecule has 0 radical (unpaired) electrons. The Morgan fingerprint density at radius 3 is 2.75 bits per heavy atom. The number of ether oxygens (including phenoxy) is 1. The first-order valence-corrected chi connectivity index (χ1v) is 7.38. The van der Waals surface area contributed by atoms with Crippen molar-refractivity contribution >= 4 is 28.2 Å². The van der Waals surface area contributed by atoms with Gasteiger partial charge in [0.2, 0.25) is 0 Å². The predicted molar refractivity (Wildman–Crippen MR) is 77.6 cm³/mol. The third kappa shape index (κ3) is 3.55. The van der Waals surface area contributed by atoms with Crippen molar-refractivity contribution in [2.24, 2.45) is 0 Å². The highest BCUT2D eigenvalue weighted by molar-refractivity contribution is 7.17. The molecule has 6 nitrogen and oxygen atoms in total. The number of carbonyl (C=O) groups is 2. The van der Waals surface area contributed by atoms with Gasteiger partial charge in [-0.25, -0.2) is 9.78 Å². The van der Waals surface area contributed by atoms with Crippen molar-refractivity contribution in [1.82, 2.24) is 9.88 Å². The van der Waals surface area contributed by atoms with Crippen LogP contribution in [0.1, 0.15) is 39.9 Å². The SMILES string of the molecule is COC(=O)c1nc(NCCN(C)C2CC2)sc1C(C)=O. The molecular weight excluding hydrogens is 278 g/mol. The van der Waals surface area contributed by atoms with Gasteiger partial charge in [0, 0.05) is 26.1 Å². The quantitative estimate of drug-likeness (QED) is 0.609. The second-order valence-electron chi connectivity index (χ2n) is 4.88. The molecule has 0 atom stereocenters. The third-order valence-corrected chi connectivity index (χ3v) is 4.35. The summed E-state index contributed by atoms with van der Waals surface area (Å²) in [4.78, 5) is 29.9. The lowest BCUT2D eigenvalue weighted by Gasteiger charge is -2.15. The van der Waals surface area contributed by atoms with E-state index in [-0.39, 0.29) is 11.5 Å². The smallest absolute Gasteiger partial charge is 0.358 e. The Hall–Kier alpha value is -1.47. The summed E-state index contributed by atoms with van der Waals surface area (Å²) >= 11 is 1.20. The number of aromatic nitrogens is 1. The summed E-state index contributed by atoms with van der Waals surface area (Å²) < 4.78 is 4.64. The minimum atomic E-state index is -0.574. The van der Waals surface area contributed by atoms with E-state index >= 15 is 0 Å². The van der Waals surface area contributed by atoms with Crippen molar-refractivity contribution in [2.45, 2.75) is 25.8 Å². The average molecular weight is 297 g/mol. The van der Waals surface area contributed by atoms with Gasteiger partial charge in [0.1, 0.15) is 4.88 Å². The molecule has 1 fully saturated rings. The van der Waals surface area contributed by atoms with Gasteiger partial charge in [-0.2, -0.15) is 0 Å². The lowest BCUT2D eigenvalue weighted by Crippen LogP contribution is -2.26. The zero-order chi connectivity index (χ0) is 14.7. The zero-order valence-corrected chi connectivity index (χ0v) is 12.7. The molecule has 110 valence electrons. The number of nitrogens with zero attached hydrogens (tertiary/aromatic N) is 2. The molecule has 1 aromatic rings. The van der Waals surface area contributed by atoms with E-state index in [1.165, 1.54) is 38.2 Å². The highest BCUT2D eigenvalue weighted by Gasteiger charge is 2.26. The molecule has 1 aliphatic rings. The van der Waals surface area contributed by atoms with E-state index in [0.717, 1.165) is 13.1 Å². The van der Waals surface area contributed by atoms with Crippen molar-refractivity contribution in [2.75, 3.05) is 32.6 Å². The minimum Gasteiger partial charge on any atom is -0.464 e. The Morgan fingerprint density at radius 1 is 1.50 bits per heavy atom. The zero-order valence-electron chi connectivity index (χ0n) is 11.9. The summed E-state index contributed by atoms with van der Waals surface area (Å²) in [6.07, 6.45) is 2.55. The number of esters is 1. The summed E-state index contributed by atoms with van der Waals surface area (Å²) in [5, 5.41) is 3.74. The molecule has 1 saturated carbocycles. The van der Waals surface area contributed by atoms with Crippen LogP contribution >= 0.6 is 11.3 Å². The Bertz CT molecular complexity index is 511. The average Bonchev–Trinajstić information content (AvgIpc) is 3.18. The van der Waals surface area contributed by atoms with Crippen LogP contribution in [0.15, 0.2) is 0 Å². The number of thiazole rings is 1. The van der Waals surface area contributed by atoms with Crippen LogP contribution in [0.25, 0.3) is 0 Å². The van der Waals surface area contributed by atoms with E-state index in [0.29, 0.717) is 16.1 Å². The molecule has 7 heteroatoms. The number of rotatable bonds is 7. The fourth-order valence-corrected chi connectivity index (χ4v) is 2.78. The molecule has 0 amide bonds. The molecule has 0 bridgehead atoms. The molecule has 0 saturated heterocycles. The Morgan fingerprint density at radius 2 is 2.20 bits per heavy atom. The highest BCUT2D eigenvalue weighted by atomic mass is 32.1. The second kappa shape index (κ2) is 6.32. The normalized spacial score (nSPS) is 14.4. The van der Waals surface area contributed by atoms with E-state index in [4.69, 9.17) is 0 Å². The summed E-state index contributed by atoms with van der Waals surface area (Å²) in [5.41, 5.74) is 0.100. The van der Waals surface area contributed by atoms with Gasteiger partial charge in [-0.1, -0.05) is 11.3 Å². The van der Waals surface area contributed by atoms with E-state index in [2.05, 4.69) is 27.0 Å². The standard InChI is InChI=1S/C13H19N3O3S/c1-8(17)11-10(12(18)19-3)15-13(20-11)14-6-7-16(2)9-4-5-9/h9H,4-7H2,1-3H3,(H,14,15). The number of ketones is 1. The maximum atomic E-state index is 11.6. The third-order valence-electron chi connectivity index (χ3n) is 3.24. The van der Waals surface area contributed by atoms with Crippen LogP contribution in [-0.2, 0) is 4.74 Å². The van der Waals surface area contributed by atoms with Gasteiger partial charge in [0.25, 0.3) is 0 Å². The van der Waals surface area contributed by atoms with Gasteiger partial charge in [-0.05, 0) is 19.9 Å². The van der Waals surface area contributed by atoms with Crippen molar-refractivity contribution in [3.63, 3.8) is 0 Å². The van der Waals surface area contributed by atoms with Crippen molar-refractivity contribution in [1.29, 1.82) is 0 Å². The molecule has 1 aliphatic carbocycles. The van der Waals surface area contributed by atoms with Gasteiger partial charge in [0.05, 0.1) is 7.11 Å². The number of Topliss-reactive ketones (excluding diaryl/α,β-unsaturated/α-hetero) is 1. The minimum absolute atomic E-state index is 0.100. The number of anilines is 1. The Labute approximate surface area is 122 Å². The fourth-order valence-electron chi connectivity index (χ4n) is 1.91. The molecule has 20 heavy (non-hydrogen) atoms. The molecule has 0 unspecified atom stereocenters. The van der Waals surface area contributed by atoms with Crippen LogP contribution in [0, 0.1) is 0 Å². The number of hydrogen-bond donors (Lipinski definition) is 1. The first-order chi connectivity index (χ1) is 9.52. The Kier molecular flexibility index (Phi) is 4.72. The predicted octanol–water partition coefficient (Wildman–Crippen LogP) is 1.64. The number of nitrogens with one attached hydrogen (secondary N) is 1. The maximum Gasteiger partial charge on any atom is 0.358 e. The van der Waals surface area contributed by atoms with Crippen LogP contribution in [-0.4, -0.2) is 54.9 Å². The highest BCUT2D eigenvalue weighted by Crippen LogP contribution is 2.26. The molecule has 2 rings (SSSR count). The number of likely N-dealkylation sites (N-methyl/N-ethyl adjacent to an activating group) is 1. The Balaban J connectivity index is 1.97. The molecule has 0 aromatic carbocycles. The summed E-state index contributed by atoms with van der Waals surface area (Å²) in [6, 6.07) is 0.714. The molecule has 1 heterocycles. The van der Waals surface area contributed by atoms with Crippen molar-refractivity contribution in [3.8, 4) is 0 Å². The molecule has 1 aromatic heterocycles. The molecular formula is C13H19N3O3S. The van der Waals surface area contributed by atoms with E-state index in [1.54, 1.807) is 0 Å². The largest absolute Gasteiger partial charge is 0.464 e. The van der Waals surface area contributed by atoms with Gasteiger partial charge < -0.3 is 15.0 Å². The second-order valence-corrected chi connectivity index (χ2v) is 5.88. The molecule has 1 N–H and O–H groups in total. The van der Waals surface area contributed by atoms with Gasteiger partial charge in [0.15, 0.2) is 16.6 Å². The van der Waals surface area contributed by atoms with Crippen molar-refractivity contribution < 1.29 is 14.3 Å². The molecule has 0 aliphatic heterocycles. The first-order valence-electron chi connectivity index (χ1n) is 6.57. The lowest BCUT2D eigenvalue weighted by atomic mass is 10.3. The van der Waals surface area contributed by atoms with Crippen molar-refractivity contribution in [3.05, 3.63) is 10.6 Å². The van der Waals surface area contributed by atoms with Gasteiger partial charge in [-0.15, -0.1) is 0 Å². The maximum absolute atomic E-state index is 11.6. The summed E-state index contributed by atoms with van der Waals surface area (Å²) in [7, 11) is 3.38. The number of hydrogen-bond acceptors (Lipinski definition) is 7. The van der Waals surface area contributed by atoms with Gasteiger partial charge >= 0.3 is 5.97 Å². The summed E-state index contributed by atoms with van der Waals surface area (Å²) in [5.74, 6) is -0.749. The van der Waals surface area contributed by atoms with E-state index in [1.807, 2.05) is 0 Å². The van der Waals surface area contributed by atoms with Crippen LogP contribution in [0.5, 0.6) is 0 Å². The monoisotopic (exact) mass is 297 g/mol. The molecule has 0 spiro atoms. The first kappa shape index (κ1) is 14.9. The summed E-state index contributed by atoms with van der Waals surface area (Å²) in [6.45, 7) is 3.07. The van der Waals surface area contributed by atoms with Crippen LogP contribution in [0.3, 0.4) is 0 Å².